The second-order valence-corrected chi connectivity index (χ2v) is 6.68. The lowest BCUT2D eigenvalue weighted by Crippen LogP contribution is -2.12. The molecule has 0 aliphatic carbocycles. The molecule has 0 radical (unpaired) electrons. The maximum atomic E-state index is 12.1. The van der Waals surface area contributed by atoms with Crippen molar-refractivity contribution in [3.63, 3.8) is 0 Å². The molecule has 5 nitrogen and oxygen atoms in total. The van der Waals surface area contributed by atoms with Crippen LogP contribution in [0.15, 0.2) is 18.3 Å². The number of nitrogens with zero attached hydrogens (tertiary/aromatic N) is 1. The molecule has 0 bridgehead atoms. The van der Waals surface area contributed by atoms with Gasteiger partial charge in [0.2, 0.25) is 0 Å². The molecule has 1 aliphatic rings. The highest BCUT2D eigenvalue weighted by atomic mass is 32.2. The Labute approximate surface area is 106 Å². The Morgan fingerprint density at radius 1 is 1.56 bits per heavy atom. The predicted molar refractivity (Wildman–Crippen MR) is 66.5 cm³/mol. The van der Waals surface area contributed by atoms with Crippen LogP contribution >= 0.6 is 0 Å². The Bertz CT molecular complexity index is 553. The van der Waals surface area contributed by atoms with Crippen LogP contribution in [-0.2, 0) is 9.84 Å². The Hall–Kier alpha value is -1.43. The number of Topliss-reactive ketones (excluding diaryl/α,β-unsaturated/α-hetero) is 1. The van der Waals surface area contributed by atoms with Crippen LogP contribution in [0.4, 0.5) is 0 Å². The molecule has 1 aromatic heterocycles. The van der Waals surface area contributed by atoms with E-state index in [1.165, 1.54) is 13.3 Å². The molecule has 1 unspecified atom stereocenters. The maximum Gasteiger partial charge on any atom is 0.185 e. The van der Waals surface area contributed by atoms with Gasteiger partial charge >= 0.3 is 0 Å². The van der Waals surface area contributed by atoms with Crippen LogP contribution < -0.4 is 4.74 Å². The van der Waals surface area contributed by atoms with Gasteiger partial charge in [-0.15, -0.1) is 0 Å². The van der Waals surface area contributed by atoms with Gasteiger partial charge in [0.05, 0.1) is 18.6 Å². The molecule has 1 aromatic rings. The normalized spacial score (nSPS) is 21.7. The van der Waals surface area contributed by atoms with Crippen molar-refractivity contribution in [2.24, 2.45) is 5.92 Å². The highest BCUT2D eigenvalue weighted by Crippen LogP contribution is 2.25. The quantitative estimate of drug-likeness (QED) is 0.765. The first kappa shape index (κ1) is 13.0. The van der Waals surface area contributed by atoms with Crippen molar-refractivity contribution >= 4 is 15.6 Å². The fourth-order valence-electron chi connectivity index (χ4n) is 2.16. The molecule has 1 fully saturated rings. The first-order valence-corrected chi connectivity index (χ1v) is 7.56. The van der Waals surface area contributed by atoms with E-state index in [2.05, 4.69) is 4.98 Å². The number of ketones is 1. The van der Waals surface area contributed by atoms with Crippen molar-refractivity contribution in [1.29, 1.82) is 0 Å². The minimum Gasteiger partial charge on any atom is -0.494 e. The van der Waals surface area contributed by atoms with E-state index >= 15 is 0 Å². The first-order valence-electron chi connectivity index (χ1n) is 5.74. The van der Waals surface area contributed by atoms with Crippen molar-refractivity contribution in [3.05, 3.63) is 24.0 Å². The lowest BCUT2D eigenvalue weighted by Gasteiger charge is -2.08. The number of methoxy groups -OCH3 is 1. The molecule has 1 atom stereocenters. The summed E-state index contributed by atoms with van der Waals surface area (Å²) >= 11 is 0. The minimum absolute atomic E-state index is 0.0887. The number of hydrogen-bond acceptors (Lipinski definition) is 5. The van der Waals surface area contributed by atoms with Crippen molar-refractivity contribution in [2.75, 3.05) is 18.6 Å². The van der Waals surface area contributed by atoms with Gasteiger partial charge < -0.3 is 4.74 Å². The molecule has 0 aromatic carbocycles. The van der Waals surface area contributed by atoms with Crippen molar-refractivity contribution < 1.29 is 17.9 Å². The zero-order valence-electron chi connectivity index (χ0n) is 10.1. The van der Waals surface area contributed by atoms with Gasteiger partial charge in [0.25, 0.3) is 0 Å². The lowest BCUT2D eigenvalue weighted by atomic mass is 10.00. The largest absolute Gasteiger partial charge is 0.494 e. The van der Waals surface area contributed by atoms with E-state index in [4.69, 9.17) is 4.74 Å². The summed E-state index contributed by atoms with van der Waals surface area (Å²) in [5.41, 5.74) is 0.282. The van der Waals surface area contributed by atoms with Crippen molar-refractivity contribution in [1.82, 2.24) is 4.98 Å². The molecule has 1 saturated heterocycles. The molecule has 98 valence electrons. The summed E-state index contributed by atoms with van der Waals surface area (Å²) in [6.07, 6.45) is 2.30. The fraction of sp³-hybridized carbons (Fsp3) is 0.500. The smallest absolute Gasteiger partial charge is 0.185 e. The summed E-state index contributed by atoms with van der Waals surface area (Å²) in [5, 5.41) is 0. The van der Waals surface area contributed by atoms with Gasteiger partial charge in [-0.2, -0.15) is 0 Å². The second kappa shape index (κ2) is 5.06. The number of sulfone groups is 1. The summed E-state index contributed by atoms with van der Waals surface area (Å²) in [6.45, 7) is 0. The molecule has 6 heteroatoms. The summed E-state index contributed by atoms with van der Waals surface area (Å²) in [7, 11) is -1.46. The third-order valence-electron chi connectivity index (χ3n) is 3.06. The van der Waals surface area contributed by atoms with Gasteiger partial charge in [-0.05, 0) is 24.5 Å². The minimum atomic E-state index is -2.94. The summed E-state index contributed by atoms with van der Waals surface area (Å²) < 4.78 is 27.7. The van der Waals surface area contributed by atoms with E-state index in [9.17, 15) is 13.2 Å². The van der Waals surface area contributed by atoms with Crippen LogP contribution in [0, 0.1) is 5.92 Å². The molecule has 2 rings (SSSR count). The predicted octanol–water partition coefficient (Wildman–Crippen LogP) is 1.10. The van der Waals surface area contributed by atoms with Crippen LogP contribution in [0.5, 0.6) is 5.75 Å². The summed E-state index contributed by atoms with van der Waals surface area (Å²) in [6, 6.07) is 3.36. The third-order valence-corrected chi connectivity index (χ3v) is 4.89. The highest BCUT2D eigenvalue weighted by molar-refractivity contribution is 7.91. The number of ether oxygens (including phenoxy) is 1. The molecule has 0 saturated carbocycles. The molecule has 0 N–H and O–H groups in total. The van der Waals surface area contributed by atoms with Gasteiger partial charge in [-0.25, -0.2) is 13.4 Å². The Morgan fingerprint density at radius 3 is 2.94 bits per heavy atom. The van der Waals surface area contributed by atoms with E-state index in [1.54, 1.807) is 12.1 Å². The lowest BCUT2D eigenvalue weighted by molar-refractivity contribution is 0.0957. The van der Waals surface area contributed by atoms with Crippen LogP contribution in [0.1, 0.15) is 23.3 Å². The average molecular weight is 269 g/mol. The monoisotopic (exact) mass is 269 g/mol. The topological polar surface area (TPSA) is 73.3 Å². The Morgan fingerprint density at radius 2 is 2.33 bits per heavy atom. The second-order valence-electron chi connectivity index (χ2n) is 4.45. The van der Waals surface area contributed by atoms with Gasteiger partial charge in [0.1, 0.15) is 11.4 Å². The van der Waals surface area contributed by atoms with E-state index < -0.39 is 9.84 Å². The number of hydrogen-bond donors (Lipinski definition) is 0. The van der Waals surface area contributed by atoms with Crippen LogP contribution in [0.2, 0.25) is 0 Å². The van der Waals surface area contributed by atoms with Crippen LogP contribution in [-0.4, -0.2) is 37.8 Å². The van der Waals surface area contributed by atoms with Gasteiger partial charge in [0, 0.05) is 12.6 Å². The molecule has 2 heterocycles. The summed E-state index contributed by atoms with van der Waals surface area (Å²) in [4.78, 5) is 16.1. The number of carbonyl (C=O) groups excluding carboxylic acids is 1. The highest BCUT2D eigenvalue weighted by Gasteiger charge is 2.30. The van der Waals surface area contributed by atoms with Crippen molar-refractivity contribution in [2.45, 2.75) is 12.8 Å². The van der Waals surface area contributed by atoms with Gasteiger partial charge in [0.15, 0.2) is 15.6 Å². The Balaban J connectivity index is 2.09. The van der Waals surface area contributed by atoms with E-state index in [0.29, 0.717) is 12.2 Å². The van der Waals surface area contributed by atoms with E-state index in [1.807, 2.05) is 0 Å². The zero-order chi connectivity index (χ0) is 13.2. The zero-order valence-corrected chi connectivity index (χ0v) is 10.9. The number of aromatic nitrogens is 1. The van der Waals surface area contributed by atoms with Crippen LogP contribution in [0.25, 0.3) is 0 Å². The third kappa shape index (κ3) is 2.87. The maximum absolute atomic E-state index is 12.1. The number of carbonyl (C=O) groups is 1. The standard InChI is InChI=1S/C12H15NO4S/c1-17-11-3-2-5-13-12(11)10(14)7-9-4-6-18(15,16)8-9/h2-3,5,9H,4,6-8H2,1H3. The van der Waals surface area contributed by atoms with E-state index in [-0.39, 0.29) is 35.3 Å². The first-order chi connectivity index (χ1) is 8.52. The number of pyridine rings is 1. The number of rotatable bonds is 4. The summed E-state index contributed by atoms with van der Waals surface area (Å²) in [5.74, 6) is 0.477. The van der Waals surface area contributed by atoms with Crippen molar-refractivity contribution in [3.8, 4) is 5.75 Å². The fourth-order valence-corrected chi connectivity index (χ4v) is 4.02. The van der Waals surface area contributed by atoms with Gasteiger partial charge in [-0.3, -0.25) is 4.79 Å². The SMILES string of the molecule is COc1cccnc1C(=O)CC1CCS(=O)(=O)C1. The van der Waals surface area contributed by atoms with E-state index in [0.717, 1.165) is 0 Å². The molecule has 18 heavy (non-hydrogen) atoms. The average Bonchev–Trinajstić information content (AvgIpc) is 2.68. The molecule has 0 amide bonds. The molecular weight excluding hydrogens is 254 g/mol. The molecule has 1 aliphatic heterocycles. The molecule has 0 spiro atoms. The van der Waals surface area contributed by atoms with Gasteiger partial charge in [-0.1, -0.05) is 0 Å². The Kier molecular flexibility index (Phi) is 3.65. The van der Waals surface area contributed by atoms with Crippen LogP contribution in [0.3, 0.4) is 0 Å². The molecular formula is C12H15NO4S.